The van der Waals surface area contributed by atoms with Crippen LogP contribution in [0.1, 0.15) is 39.4 Å². The Labute approximate surface area is 118 Å². The number of likely N-dealkylation sites (N-methyl/N-ethyl adjacent to an activating group) is 1. The molecule has 2 aromatic heterocycles. The smallest absolute Gasteiger partial charge is 0.0461 e. The maximum Gasteiger partial charge on any atom is 0.0461 e. The molecule has 1 atom stereocenters. The fourth-order valence-electron chi connectivity index (χ4n) is 2.04. The van der Waals surface area contributed by atoms with Gasteiger partial charge in [-0.1, -0.05) is 13.8 Å². The van der Waals surface area contributed by atoms with E-state index in [1.165, 1.54) is 19.5 Å². The second-order valence-corrected chi connectivity index (χ2v) is 6.88. The second-order valence-electron chi connectivity index (χ2n) is 4.42. The highest BCUT2D eigenvalue weighted by atomic mass is 32.1. The highest BCUT2D eigenvalue weighted by Gasteiger charge is 2.13. The first kappa shape index (κ1) is 13.8. The molecular formula is C15H21NS2. The van der Waals surface area contributed by atoms with Crippen LogP contribution in [-0.4, -0.2) is 7.05 Å². The maximum absolute atomic E-state index is 3.45. The summed E-state index contributed by atoms with van der Waals surface area (Å²) < 4.78 is 0. The lowest BCUT2D eigenvalue weighted by atomic mass is 10.1. The van der Waals surface area contributed by atoms with Gasteiger partial charge >= 0.3 is 0 Å². The minimum Gasteiger partial charge on any atom is -0.312 e. The van der Waals surface area contributed by atoms with E-state index >= 15 is 0 Å². The van der Waals surface area contributed by atoms with Gasteiger partial charge in [-0.05, 0) is 44.2 Å². The maximum atomic E-state index is 3.45. The van der Waals surface area contributed by atoms with Gasteiger partial charge in [-0.25, -0.2) is 0 Å². The first-order valence-corrected chi connectivity index (χ1v) is 8.23. The van der Waals surface area contributed by atoms with Gasteiger partial charge in [0.05, 0.1) is 0 Å². The molecule has 2 rings (SSSR count). The third kappa shape index (κ3) is 3.22. The molecule has 0 amide bonds. The van der Waals surface area contributed by atoms with Gasteiger partial charge in [0.2, 0.25) is 0 Å². The zero-order valence-electron chi connectivity index (χ0n) is 11.3. The van der Waals surface area contributed by atoms with Gasteiger partial charge < -0.3 is 5.32 Å². The van der Waals surface area contributed by atoms with Crippen molar-refractivity contribution < 1.29 is 0 Å². The predicted molar refractivity (Wildman–Crippen MR) is 82.9 cm³/mol. The van der Waals surface area contributed by atoms with Crippen molar-refractivity contribution in [3.8, 4) is 0 Å². The lowest BCUT2D eigenvalue weighted by molar-refractivity contribution is 0.607. The summed E-state index contributed by atoms with van der Waals surface area (Å²) in [5, 5.41) is 3.45. The summed E-state index contributed by atoms with van der Waals surface area (Å²) in [7, 11) is 2.06. The van der Waals surface area contributed by atoms with Crippen molar-refractivity contribution in [3.63, 3.8) is 0 Å². The molecule has 0 bridgehead atoms. The van der Waals surface area contributed by atoms with E-state index in [4.69, 9.17) is 0 Å². The average molecular weight is 279 g/mol. The molecule has 0 fully saturated rings. The summed E-state index contributed by atoms with van der Waals surface area (Å²) in [5.41, 5.74) is 0. The predicted octanol–water partition coefficient (Wildman–Crippen LogP) is 4.44. The minimum atomic E-state index is 0.457. The van der Waals surface area contributed by atoms with E-state index in [0.29, 0.717) is 6.04 Å². The fourth-order valence-corrected chi connectivity index (χ4v) is 4.11. The second kappa shape index (κ2) is 6.50. The van der Waals surface area contributed by atoms with Gasteiger partial charge in [0.1, 0.15) is 0 Å². The third-order valence-electron chi connectivity index (χ3n) is 3.19. The Bertz CT molecular complexity index is 484. The summed E-state index contributed by atoms with van der Waals surface area (Å²) in [5.74, 6) is 0. The fraction of sp³-hybridized carbons (Fsp3) is 0.467. The molecule has 18 heavy (non-hydrogen) atoms. The number of hydrogen-bond acceptors (Lipinski definition) is 3. The molecule has 0 aliphatic rings. The minimum absolute atomic E-state index is 0.457. The Balaban J connectivity index is 2.08. The van der Waals surface area contributed by atoms with Gasteiger partial charge in [-0.2, -0.15) is 0 Å². The van der Waals surface area contributed by atoms with Crippen LogP contribution < -0.4 is 5.32 Å². The van der Waals surface area contributed by atoms with E-state index in [9.17, 15) is 0 Å². The standard InChI is InChI=1S/C15H21NS2/c1-4-11-6-7-13(17-11)10-14(16-3)15-9-8-12(5-2)18-15/h6-9,14,16H,4-5,10H2,1-3H3. The Hall–Kier alpha value is -0.640. The van der Waals surface area contributed by atoms with Crippen LogP contribution in [0, 0.1) is 0 Å². The number of aryl methyl sites for hydroxylation is 2. The first-order valence-electron chi connectivity index (χ1n) is 6.60. The van der Waals surface area contributed by atoms with Crippen molar-refractivity contribution in [2.24, 2.45) is 0 Å². The van der Waals surface area contributed by atoms with E-state index in [2.05, 4.69) is 50.5 Å². The molecule has 1 unspecified atom stereocenters. The van der Waals surface area contributed by atoms with Crippen LogP contribution in [0.25, 0.3) is 0 Å². The van der Waals surface area contributed by atoms with Crippen molar-refractivity contribution in [3.05, 3.63) is 43.8 Å². The zero-order valence-corrected chi connectivity index (χ0v) is 13.0. The highest BCUT2D eigenvalue weighted by molar-refractivity contribution is 7.12. The van der Waals surface area contributed by atoms with Crippen LogP contribution in [-0.2, 0) is 19.3 Å². The average Bonchev–Trinajstić information content (AvgIpc) is 3.04. The zero-order chi connectivity index (χ0) is 13.0. The molecule has 2 aromatic rings. The van der Waals surface area contributed by atoms with Crippen LogP contribution in [0.5, 0.6) is 0 Å². The Morgan fingerprint density at radius 3 is 2.11 bits per heavy atom. The van der Waals surface area contributed by atoms with Gasteiger partial charge in [-0.3, -0.25) is 0 Å². The lowest BCUT2D eigenvalue weighted by Gasteiger charge is -2.13. The molecule has 0 aliphatic carbocycles. The molecule has 1 nitrogen and oxygen atoms in total. The van der Waals surface area contributed by atoms with Crippen LogP contribution >= 0.6 is 22.7 Å². The van der Waals surface area contributed by atoms with Crippen molar-refractivity contribution in [2.45, 2.75) is 39.2 Å². The molecule has 0 radical (unpaired) electrons. The molecule has 2 heterocycles. The van der Waals surface area contributed by atoms with Gasteiger partial charge in [0, 0.05) is 32.0 Å². The van der Waals surface area contributed by atoms with Gasteiger partial charge in [-0.15, -0.1) is 22.7 Å². The normalized spacial score (nSPS) is 12.8. The van der Waals surface area contributed by atoms with Crippen LogP contribution in [0.4, 0.5) is 0 Å². The number of thiophene rings is 2. The summed E-state index contributed by atoms with van der Waals surface area (Å²) >= 11 is 3.89. The summed E-state index contributed by atoms with van der Waals surface area (Å²) in [4.78, 5) is 5.91. The van der Waals surface area contributed by atoms with E-state index in [1.807, 2.05) is 22.7 Å². The number of hydrogen-bond donors (Lipinski definition) is 1. The Morgan fingerprint density at radius 1 is 0.944 bits per heavy atom. The largest absolute Gasteiger partial charge is 0.312 e. The van der Waals surface area contributed by atoms with E-state index in [-0.39, 0.29) is 0 Å². The lowest BCUT2D eigenvalue weighted by Crippen LogP contribution is -2.17. The summed E-state index contributed by atoms with van der Waals surface area (Å²) in [6.07, 6.45) is 3.39. The van der Waals surface area contributed by atoms with E-state index in [1.54, 1.807) is 0 Å². The Morgan fingerprint density at radius 2 is 1.56 bits per heavy atom. The first-order chi connectivity index (χ1) is 8.76. The van der Waals surface area contributed by atoms with Crippen molar-refractivity contribution in [1.82, 2.24) is 5.32 Å². The molecule has 1 N–H and O–H groups in total. The number of nitrogens with one attached hydrogen (secondary N) is 1. The van der Waals surface area contributed by atoms with Crippen molar-refractivity contribution in [1.29, 1.82) is 0 Å². The van der Waals surface area contributed by atoms with Crippen LogP contribution in [0.3, 0.4) is 0 Å². The third-order valence-corrected chi connectivity index (χ3v) is 5.79. The van der Waals surface area contributed by atoms with E-state index in [0.717, 1.165) is 19.3 Å². The molecule has 0 spiro atoms. The molecule has 3 heteroatoms. The quantitative estimate of drug-likeness (QED) is 0.824. The Kier molecular flexibility index (Phi) is 4.98. The monoisotopic (exact) mass is 279 g/mol. The molecule has 98 valence electrons. The molecule has 0 aromatic carbocycles. The van der Waals surface area contributed by atoms with Crippen molar-refractivity contribution >= 4 is 22.7 Å². The van der Waals surface area contributed by atoms with Crippen molar-refractivity contribution in [2.75, 3.05) is 7.05 Å². The topological polar surface area (TPSA) is 12.0 Å². The molecule has 0 saturated heterocycles. The van der Waals surface area contributed by atoms with Gasteiger partial charge in [0.15, 0.2) is 0 Å². The summed E-state index contributed by atoms with van der Waals surface area (Å²) in [6.45, 7) is 4.44. The highest BCUT2D eigenvalue weighted by Crippen LogP contribution is 2.28. The van der Waals surface area contributed by atoms with E-state index < -0.39 is 0 Å². The SMILES string of the molecule is CCc1ccc(CC(NC)c2ccc(CC)s2)s1. The molecular weight excluding hydrogens is 258 g/mol. The van der Waals surface area contributed by atoms with Crippen LogP contribution in [0.15, 0.2) is 24.3 Å². The van der Waals surface area contributed by atoms with Crippen LogP contribution in [0.2, 0.25) is 0 Å². The molecule has 0 aliphatic heterocycles. The van der Waals surface area contributed by atoms with Gasteiger partial charge in [0.25, 0.3) is 0 Å². The number of rotatable bonds is 6. The molecule has 0 saturated carbocycles. The summed E-state index contributed by atoms with van der Waals surface area (Å²) in [6, 6.07) is 9.54.